The number of benzene rings is 2. The van der Waals surface area contributed by atoms with Crippen molar-refractivity contribution < 1.29 is 14.3 Å². The quantitative estimate of drug-likeness (QED) is 0.320. The Labute approximate surface area is 159 Å². The number of nitrogens with zero attached hydrogens (tertiary/aromatic N) is 1. The Hall–Kier alpha value is -2.12. The van der Waals surface area contributed by atoms with Crippen LogP contribution in [0.15, 0.2) is 58.1 Å². The number of carbonyl (C=O) groups is 2. The van der Waals surface area contributed by atoms with Crippen LogP contribution in [0.3, 0.4) is 0 Å². The number of nitrogens with one attached hydrogen (secondary N) is 1. The molecule has 2 aromatic carbocycles. The Morgan fingerprint density at radius 2 is 2.00 bits per heavy atom. The molecule has 2 aromatic rings. The summed E-state index contributed by atoms with van der Waals surface area (Å²) in [7, 11) is 0. The summed E-state index contributed by atoms with van der Waals surface area (Å²) in [4.78, 5) is 22.6. The fourth-order valence-electron chi connectivity index (χ4n) is 1.89. The van der Waals surface area contributed by atoms with E-state index in [1.54, 1.807) is 24.3 Å². The first-order valence-corrected chi connectivity index (χ1v) is 9.40. The molecule has 0 spiro atoms. The zero-order chi connectivity index (χ0) is 18.1. The summed E-state index contributed by atoms with van der Waals surface area (Å²) in [6, 6.07) is 14.8. The molecule has 0 saturated heterocycles. The van der Waals surface area contributed by atoms with Crippen molar-refractivity contribution in [3.63, 3.8) is 0 Å². The first-order valence-electron chi connectivity index (χ1n) is 7.45. The number of amides is 1. The van der Waals surface area contributed by atoms with Crippen LogP contribution in [0.25, 0.3) is 0 Å². The SMILES string of the molecule is CC(=O)Oc1ccc(C=NNC(=O)CSCc2cccc(Br)c2)cc1. The molecule has 130 valence electrons. The maximum Gasteiger partial charge on any atom is 0.308 e. The predicted octanol–water partition coefficient (Wildman–Crippen LogP) is 3.76. The molecule has 1 amide bonds. The van der Waals surface area contributed by atoms with Gasteiger partial charge in [0.25, 0.3) is 0 Å². The van der Waals surface area contributed by atoms with Gasteiger partial charge in [0.2, 0.25) is 5.91 Å². The number of hydrogen-bond acceptors (Lipinski definition) is 5. The molecule has 1 N–H and O–H groups in total. The van der Waals surface area contributed by atoms with Gasteiger partial charge in [0.1, 0.15) is 5.75 Å². The molecule has 0 saturated carbocycles. The number of esters is 1. The van der Waals surface area contributed by atoms with Crippen LogP contribution < -0.4 is 10.2 Å². The molecule has 0 fully saturated rings. The Morgan fingerprint density at radius 3 is 2.68 bits per heavy atom. The molecule has 0 aliphatic heterocycles. The van der Waals surface area contributed by atoms with Crippen molar-refractivity contribution in [2.45, 2.75) is 12.7 Å². The van der Waals surface area contributed by atoms with Crippen LogP contribution in [0.1, 0.15) is 18.1 Å². The third-order valence-corrected chi connectivity index (χ3v) is 4.43. The number of ether oxygens (including phenoxy) is 1. The van der Waals surface area contributed by atoms with Crippen molar-refractivity contribution >= 4 is 45.8 Å². The van der Waals surface area contributed by atoms with E-state index in [1.807, 2.05) is 24.3 Å². The summed E-state index contributed by atoms with van der Waals surface area (Å²) in [6.07, 6.45) is 1.54. The van der Waals surface area contributed by atoms with E-state index >= 15 is 0 Å². The van der Waals surface area contributed by atoms with E-state index < -0.39 is 0 Å². The smallest absolute Gasteiger partial charge is 0.308 e. The molecule has 0 aliphatic carbocycles. The van der Waals surface area contributed by atoms with Gasteiger partial charge in [-0.05, 0) is 47.5 Å². The molecule has 2 rings (SSSR count). The van der Waals surface area contributed by atoms with E-state index in [4.69, 9.17) is 4.74 Å². The second-order valence-corrected chi connectivity index (χ2v) is 6.98. The first kappa shape index (κ1) is 19.2. The van der Waals surface area contributed by atoms with E-state index in [0.717, 1.165) is 21.4 Å². The summed E-state index contributed by atoms with van der Waals surface area (Å²) in [5, 5.41) is 3.92. The molecule has 25 heavy (non-hydrogen) atoms. The third kappa shape index (κ3) is 7.53. The Bertz CT molecular complexity index is 763. The van der Waals surface area contributed by atoms with Crippen molar-refractivity contribution in [1.82, 2.24) is 5.43 Å². The molecule has 0 atom stereocenters. The molecule has 0 radical (unpaired) electrons. The highest BCUT2D eigenvalue weighted by Crippen LogP contribution is 2.16. The maximum atomic E-state index is 11.8. The number of thioether (sulfide) groups is 1. The van der Waals surface area contributed by atoms with Gasteiger partial charge in [0.15, 0.2) is 0 Å². The summed E-state index contributed by atoms with van der Waals surface area (Å²) in [5.41, 5.74) is 4.44. The zero-order valence-corrected chi connectivity index (χ0v) is 16.0. The van der Waals surface area contributed by atoms with Crippen molar-refractivity contribution in [3.8, 4) is 5.75 Å². The first-order chi connectivity index (χ1) is 12.0. The van der Waals surface area contributed by atoms with Crippen LogP contribution in [0.5, 0.6) is 5.75 Å². The lowest BCUT2D eigenvalue weighted by Crippen LogP contribution is -2.19. The molecular weight excluding hydrogens is 404 g/mol. The molecule has 0 unspecified atom stereocenters. The van der Waals surface area contributed by atoms with Gasteiger partial charge < -0.3 is 4.74 Å². The Morgan fingerprint density at radius 1 is 1.24 bits per heavy atom. The molecule has 0 bridgehead atoms. The summed E-state index contributed by atoms with van der Waals surface area (Å²) >= 11 is 4.94. The number of halogens is 1. The van der Waals surface area contributed by atoms with Gasteiger partial charge in [-0.15, -0.1) is 11.8 Å². The lowest BCUT2D eigenvalue weighted by atomic mass is 10.2. The van der Waals surface area contributed by atoms with Crippen LogP contribution in [-0.2, 0) is 15.3 Å². The van der Waals surface area contributed by atoms with Gasteiger partial charge in [0.05, 0.1) is 12.0 Å². The average molecular weight is 421 g/mol. The Kier molecular flexibility index (Phi) is 7.69. The van der Waals surface area contributed by atoms with Gasteiger partial charge in [-0.1, -0.05) is 28.1 Å². The maximum absolute atomic E-state index is 11.8. The standard InChI is InChI=1S/C18H17BrN2O3S/c1-13(22)24-17-7-5-14(6-8-17)10-20-21-18(23)12-25-11-15-3-2-4-16(19)9-15/h2-10H,11-12H2,1H3,(H,21,23). The average Bonchev–Trinajstić information content (AvgIpc) is 2.56. The summed E-state index contributed by atoms with van der Waals surface area (Å²) in [6.45, 7) is 1.35. The van der Waals surface area contributed by atoms with Crippen LogP contribution in [0.4, 0.5) is 0 Å². The zero-order valence-electron chi connectivity index (χ0n) is 13.6. The Balaban J connectivity index is 1.72. The largest absolute Gasteiger partial charge is 0.427 e. The van der Waals surface area contributed by atoms with E-state index in [0.29, 0.717) is 11.5 Å². The highest BCUT2D eigenvalue weighted by Gasteiger charge is 2.01. The van der Waals surface area contributed by atoms with Crippen molar-refractivity contribution in [1.29, 1.82) is 0 Å². The number of rotatable bonds is 7. The lowest BCUT2D eigenvalue weighted by Gasteiger charge is -2.02. The highest BCUT2D eigenvalue weighted by molar-refractivity contribution is 9.10. The van der Waals surface area contributed by atoms with E-state index in [1.165, 1.54) is 24.9 Å². The molecule has 0 heterocycles. The molecular formula is C18H17BrN2O3S. The van der Waals surface area contributed by atoms with Crippen molar-refractivity contribution in [2.75, 3.05) is 5.75 Å². The van der Waals surface area contributed by atoms with Crippen LogP contribution in [0, 0.1) is 0 Å². The van der Waals surface area contributed by atoms with Crippen LogP contribution in [0.2, 0.25) is 0 Å². The predicted molar refractivity (Wildman–Crippen MR) is 104 cm³/mol. The van der Waals surface area contributed by atoms with E-state index in [2.05, 4.69) is 26.5 Å². The number of hydrazone groups is 1. The van der Waals surface area contributed by atoms with E-state index in [-0.39, 0.29) is 11.9 Å². The fraction of sp³-hybridized carbons (Fsp3) is 0.167. The fourth-order valence-corrected chi connectivity index (χ4v) is 3.10. The molecule has 0 aromatic heterocycles. The lowest BCUT2D eigenvalue weighted by molar-refractivity contribution is -0.131. The number of carbonyl (C=O) groups excluding carboxylic acids is 2. The normalized spacial score (nSPS) is 10.6. The molecule has 0 aliphatic rings. The minimum absolute atomic E-state index is 0.159. The monoisotopic (exact) mass is 420 g/mol. The van der Waals surface area contributed by atoms with Crippen LogP contribution in [-0.4, -0.2) is 23.8 Å². The summed E-state index contributed by atoms with van der Waals surface area (Å²) < 4.78 is 5.97. The van der Waals surface area contributed by atoms with E-state index in [9.17, 15) is 9.59 Å². The molecule has 7 heteroatoms. The summed E-state index contributed by atoms with van der Waals surface area (Å²) in [5.74, 6) is 1.03. The minimum atomic E-state index is -0.367. The second kappa shape index (κ2) is 10.0. The third-order valence-electron chi connectivity index (χ3n) is 2.94. The van der Waals surface area contributed by atoms with Gasteiger partial charge >= 0.3 is 5.97 Å². The topological polar surface area (TPSA) is 67.8 Å². The van der Waals surface area contributed by atoms with Crippen molar-refractivity contribution in [2.24, 2.45) is 5.10 Å². The van der Waals surface area contributed by atoms with Crippen LogP contribution >= 0.6 is 27.7 Å². The van der Waals surface area contributed by atoms with Crippen molar-refractivity contribution in [3.05, 3.63) is 64.1 Å². The van der Waals surface area contributed by atoms with Gasteiger partial charge in [-0.25, -0.2) is 5.43 Å². The highest BCUT2D eigenvalue weighted by atomic mass is 79.9. The number of hydrogen-bond donors (Lipinski definition) is 1. The van der Waals surface area contributed by atoms with Gasteiger partial charge in [0, 0.05) is 17.1 Å². The molecule has 5 nitrogen and oxygen atoms in total. The van der Waals surface area contributed by atoms with Gasteiger partial charge in [-0.2, -0.15) is 5.10 Å². The second-order valence-electron chi connectivity index (χ2n) is 5.08. The minimum Gasteiger partial charge on any atom is -0.427 e. The van der Waals surface area contributed by atoms with Gasteiger partial charge in [-0.3, -0.25) is 9.59 Å².